The van der Waals surface area contributed by atoms with Crippen molar-refractivity contribution >= 4 is 0 Å². The zero-order valence-corrected chi connectivity index (χ0v) is 12.1. The minimum atomic E-state index is 0.953. The van der Waals surface area contributed by atoms with Gasteiger partial charge in [-0.15, -0.1) is 0 Å². The molecule has 0 rings (SSSR count). The molecule has 0 radical (unpaired) electrons. The molecule has 98 valence electrons. The van der Waals surface area contributed by atoms with Gasteiger partial charge in [0.1, 0.15) is 0 Å². The molecule has 0 fully saturated rings. The number of unbranched alkanes of at least 4 members (excludes halogenated alkanes) is 9. The first kappa shape index (κ1) is 16.0. The van der Waals surface area contributed by atoms with Gasteiger partial charge < -0.3 is 0 Å². The maximum atomic E-state index is 2.38. The first-order valence-corrected chi connectivity index (χ1v) is 7.81. The van der Waals surface area contributed by atoms with Gasteiger partial charge in [0.2, 0.25) is 0 Å². The summed E-state index contributed by atoms with van der Waals surface area (Å²) in [7, 11) is 0. The highest BCUT2D eigenvalue weighted by atomic mass is 14.0. The molecule has 16 heavy (non-hydrogen) atoms. The van der Waals surface area contributed by atoms with E-state index in [1.807, 2.05) is 0 Å². The first-order valence-electron chi connectivity index (χ1n) is 7.81. The van der Waals surface area contributed by atoms with Crippen molar-refractivity contribution in [2.24, 2.45) is 5.92 Å². The molecule has 0 heterocycles. The van der Waals surface area contributed by atoms with Crippen LogP contribution in [0.15, 0.2) is 0 Å². The molecule has 0 aliphatic rings. The van der Waals surface area contributed by atoms with Crippen LogP contribution in [-0.4, -0.2) is 0 Å². The Balaban J connectivity index is 2.93. The third-order valence-electron chi connectivity index (χ3n) is 3.75. The van der Waals surface area contributed by atoms with Gasteiger partial charge in [0.05, 0.1) is 0 Å². The molecule has 0 saturated carbocycles. The van der Waals surface area contributed by atoms with Gasteiger partial charge in [-0.2, -0.15) is 0 Å². The van der Waals surface area contributed by atoms with E-state index >= 15 is 0 Å². The summed E-state index contributed by atoms with van der Waals surface area (Å²) >= 11 is 0. The van der Waals surface area contributed by atoms with Crippen LogP contribution in [0.3, 0.4) is 0 Å². The van der Waals surface area contributed by atoms with Crippen molar-refractivity contribution in [3.8, 4) is 0 Å². The lowest BCUT2D eigenvalue weighted by Crippen LogP contribution is -1.91. The maximum Gasteiger partial charge on any atom is -0.0445 e. The van der Waals surface area contributed by atoms with Gasteiger partial charge in [0, 0.05) is 0 Å². The Labute approximate surface area is 104 Å². The fourth-order valence-corrected chi connectivity index (χ4v) is 2.18. The molecule has 0 nitrogen and oxygen atoms in total. The van der Waals surface area contributed by atoms with Crippen LogP contribution in [0.4, 0.5) is 0 Å². The SMILES string of the molecule is CCCCCCCCCCCC[C@@H](C)CC. The van der Waals surface area contributed by atoms with E-state index in [1.54, 1.807) is 0 Å². The van der Waals surface area contributed by atoms with Crippen LogP contribution in [0.2, 0.25) is 0 Å². The third-order valence-corrected chi connectivity index (χ3v) is 3.75. The molecule has 0 heteroatoms. The van der Waals surface area contributed by atoms with E-state index in [1.165, 1.54) is 77.0 Å². The molecule has 0 saturated heterocycles. The van der Waals surface area contributed by atoms with E-state index in [0.717, 1.165) is 5.92 Å². The quantitative estimate of drug-likeness (QED) is 0.340. The van der Waals surface area contributed by atoms with Crippen molar-refractivity contribution in [3.63, 3.8) is 0 Å². The standard InChI is InChI=1S/C16H34/c1-4-6-7-8-9-10-11-12-13-14-15-16(3)5-2/h16H,4-15H2,1-3H3/t16-/m0/s1. The molecule has 0 amide bonds. The van der Waals surface area contributed by atoms with Crippen LogP contribution >= 0.6 is 0 Å². The number of hydrogen-bond acceptors (Lipinski definition) is 0. The van der Waals surface area contributed by atoms with Crippen LogP contribution < -0.4 is 0 Å². The monoisotopic (exact) mass is 226 g/mol. The summed E-state index contributed by atoms with van der Waals surface area (Å²) in [6.45, 7) is 6.98. The van der Waals surface area contributed by atoms with Gasteiger partial charge in [-0.05, 0) is 5.92 Å². The summed E-state index contributed by atoms with van der Waals surface area (Å²) in [5.41, 5.74) is 0. The Morgan fingerprint density at radius 1 is 0.625 bits per heavy atom. The molecule has 0 aliphatic carbocycles. The van der Waals surface area contributed by atoms with Crippen LogP contribution in [0.1, 0.15) is 97.8 Å². The largest absolute Gasteiger partial charge is 0.0654 e. The summed E-state index contributed by atoms with van der Waals surface area (Å²) in [6.07, 6.45) is 17.4. The molecule has 0 aromatic heterocycles. The molecule has 0 spiro atoms. The Morgan fingerprint density at radius 2 is 1.06 bits per heavy atom. The molecular formula is C16H34. The fraction of sp³-hybridized carbons (Fsp3) is 1.00. The van der Waals surface area contributed by atoms with Crippen molar-refractivity contribution in [2.75, 3.05) is 0 Å². The van der Waals surface area contributed by atoms with E-state index in [0.29, 0.717) is 0 Å². The summed E-state index contributed by atoms with van der Waals surface area (Å²) in [5.74, 6) is 0.953. The van der Waals surface area contributed by atoms with Crippen molar-refractivity contribution in [3.05, 3.63) is 0 Å². The van der Waals surface area contributed by atoms with Gasteiger partial charge >= 0.3 is 0 Å². The summed E-state index contributed by atoms with van der Waals surface area (Å²) in [6, 6.07) is 0. The van der Waals surface area contributed by atoms with Crippen molar-refractivity contribution < 1.29 is 0 Å². The highest BCUT2D eigenvalue weighted by Crippen LogP contribution is 2.15. The molecule has 1 atom stereocenters. The lowest BCUT2D eigenvalue weighted by Gasteiger charge is -2.07. The van der Waals surface area contributed by atoms with E-state index in [9.17, 15) is 0 Å². The second-order valence-corrected chi connectivity index (χ2v) is 5.48. The Hall–Kier alpha value is 0. The summed E-state index contributed by atoms with van der Waals surface area (Å²) < 4.78 is 0. The van der Waals surface area contributed by atoms with Gasteiger partial charge in [-0.25, -0.2) is 0 Å². The molecule has 0 aromatic carbocycles. The zero-order valence-electron chi connectivity index (χ0n) is 12.1. The average Bonchev–Trinajstić information content (AvgIpc) is 2.31. The molecular weight excluding hydrogens is 192 g/mol. The smallest absolute Gasteiger partial charge is 0.0445 e. The minimum absolute atomic E-state index is 0.953. The predicted octanol–water partition coefficient (Wildman–Crippen LogP) is 6.34. The molecule has 0 aliphatic heterocycles. The fourth-order valence-electron chi connectivity index (χ4n) is 2.18. The number of hydrogen-bond donors (Lipinski definition) is 0. The maximum absolute atomic E-state index is 2.38. The lowest BCUT2D eigenvalue weighted by molar-refractivity contribution is 0.469. The van der Waals surface area contributed by atoms with Crippen LogP contribution in [0, 0.1) is 5.92 Å². The second-order valence-electron chi connectivity index (χ2n) is 5.48. The Bertz CT molecular complexity index is 117. The van der Waals surface area contributed by atoms with E-state index < -0.39 is 0 Å². The van der Waals surface area contributed by atoms with E-state index in [4.69, 9.17) is 0 Å². The summed E-state index contributed by atoms with van der Waals surface area (Å²) in [4.78, 5) is 0. The van der Waals surface area contributed by atoms with Crippen molar-refractivity contribution in [1.29, 1.82) is 0 Å². The lowest BCUT2D eigenvalue weighted by atomic mass is 9.99. The highest BCUT2D eigenvalue weighted by molar-refractivity contribution is 4.52. The average molecular weight is 226 g/mol. The van der Waals surface area contributed by atoms with Crippen molar-refractivity contribution in [2.45, 2.75) is 97.8 Å². The van der Waals surface area contributed by atoms with E-state index in [-0.39, 0.29) is 0 Å². The Kier molecular flexibility index (Phi) is 13.1. The minimum Gasteiger partial charge on any atom is -0.0654 e. The van der Waals surface area contributed by atoms with Crippen molar-refractivity contribution in [1.82, 2.24) is 0 Å². The van der Waals surface area contributed by atoms with Crippen LogP contribution in [-0.2, 0) is 0 Å². The van der Waals surface area contributed by atoms with E-state index in [2.05, 4.69) is 20.8 Å². The third kappa shape index (κ3) is 12.1. The second kappa shape index (κ2) is 13.1. The normalized spacial score (nSPS) is 12.9. The first-order chi connectivity index (χ1) is 7.81. The highest BCUT2D eigenvalue weighted by Gasteiger charge is 1.98. The summed E-state index contributed by atoms with van der Waals surface area (Å²) in [5, 5.41) is 0. The topological polar surface area (TPSA) is 0 Å². The van der Waals surface area contributed by atoms with Crippen LogP contribution in [0.25, 0.3) is 0 Å². The van der Waals surface area contributed by atoms with Gasteiger partial charge in [0.15, 0.2) is 0 Å². The zero-order chi connectivity index (χ0) is 12.1. The van der Waals surface area contributed by atoms with Gasteiger partial charge in [-0.3, -0.25) is 0 Å². The molecule has 0 bridgehead atoms. The predicted molar refractivity (Wildman–Crippen MR) is 75.9 cm³/mol. The molecule has 0 unspecified atom stereocenters. The Morgan fingerprint density at radius 3 is 1.50 bits per heavy atom. The number of rotatable bonds is 12. The molecule has 0 aromatic rings. The van der Waals surface area contributed by atoms with Crippen LogP contribution in [0.5, 0.6) is 0 Å². The molecule has 0 N–H and O–H groups in total. The van der Waals surface area contributed by atoms with Gasteiger partial charge in [-0.1, -0.05) is 97.8 Å². The van der Waals surface area contributed by atoms with Gasteiger partial charge in [0.25, 0.3) is 0 Å².